The van der Waals surface area contributed by atoms with Gasteiger partial charge in [0.25, 0.3) is 0 Å². The Hall–Kier alpha value is -2.17. The van der Waals surface area contributed by atoms with E-state index in [0.717, 1.165) is 11.1 Å². The highest BCUT2D eigenvalue weighted by Crippen LogP contribution is 2.30. The molecule has 16 heavy (non-hydrogen) atoms. The van der Waals surface area contributed by atoms with Crippen molar-refractivity contribution in [3.05, 3.63) is 36.2 Å². The average molecular weight is 216 g/mol. The van der Waals surface area contributed by atoms with Crippen LogP contribution in [0.1, 0.15) is 17.9 Å². The molecule has 1 aliphatic heterocycles. The minimum absolute atomic E-state index is 0.106. The number of cyclic esters (lactones) is 2. The van der Waals surface area contributed by atoms with Crippen molar-refractivity contribution in [2.45, 2.75) is 12.3 Å². The molecule has 0 radical (unpaired) electrons. The van der Waals surface area contributed by atoms with Crippen LogP contribution in [0.5, 0.6) is 0 Å². The third-order valence-corrected chi connectivity index (χ3v) is 2.70. The molecule has 1 aliphatic rings. The Morgan fingerprint density at radius 3 is 3.00 bits per heavy atom. The van der Waals surface area contributed by atoms with Crippen LogP contribution in [0.2, 0.25) is 0 Å². The summed E-state index contributed by atoms with van der Waals surface area (Å²) in [4.78, 5) is 22.5. The van der Waals surface area contributed by atoms with Crippen molar-refractivity contribution in [2.24, 2.45) is 0 Å². The number of rotatable bonds is 1. The van der Waals surface area contributed by atoms with Crippen molar-refractivity contribution < 1.29 is 14.3 Å². The summed E-state index contributed by atoms with van der Waals surface area (Å²) < 4.78 is 6.20. The fourth-order valence-electron chi connectivity index (χ4n) is 1.93. The van der Waals surface area contributed by atoms with Crippen molar-refractivity contribution in [2.75, 3.05) is 0 Å². The molecule has 0 amide bonds. The van der Waals surface area contributed by atoms with Crippen LogP contribution in [0.25, 0.3) is 5.52 Å². The molecule has 0 aliphatic carbocycles. The number of esters is 2. The number of carbonyl (C=O) groups is 2. The highest BCUT2D eigenvalue weighted by molar-refractivity contribution is 5.98. The second-order valence-electron chi connectivity index (χ2n) is 3.68. The maximum atomic E-state index is 11.4. The van der Waals surface area contributed by atoms with Crippen LogP contribution in [0.15, 0.2) is 30.6 Å². The number of carbonyl (C=O) groups excluding carboxylic acids is 2. The fraction of sp³-hybridized carbons (Fsp3) is 0.182. The van der Waals surface area contributed by atoms with Crippen molar-refractivity contribution in [3.8, 4) is 0 Å². The Bertz CT molecular complexity index is 588. The number of aromatic nitrogens is 2. The van der Waals surface area contributed by atoms with Gasteiger partial charge in [0.15, 0.2) is 0 Å². The molecule has 5 heteroatoms. The monoisotopic (exact) mass is 216 g/mol. The maximum absolute atomic E-state index is 11.4. The molecule has 1 saturated heterocycles. The molecular weight excluding hydrogens is 208 g/mol. The van der Waals surface area contributed by atoms with E-state index in [-0.39, 0.29) is 6.42 Å². The number of nitrogens with zero attached hydrogens (tertiary/aromatic N) is 2. The summed E-state index contributed by atoms with van der Waals surface area (Å²) in [6.07, 6.45) is 3.51. The van der Waals surface area contributed by atoms with E-state index in [1.165, 1.54) is 0 Å². The first-order chi connectivity index (χ1) is 7.75. The second-order valence-corrected chi connectivity index (χ2v) is 3.68. The molecule has 1 atom stereocenters. The van der Waals surface area contributed by atoms with E-state index in [0.29, 0.717) is 0 Å². The van der Waals surface area contributed by atoms with E-state index in [9.17, 15) is 9.59 Å². The average Bonchev–Trinajstić information content (AvgIpc) is 2.81. The lowest BCUT2D eigenvalue weighted by atomic mass is 9.99. The summed E-state index contributed by atoms with van der Waals surface area (Å²) >= 11 is 0. The Morgan fingerprint density at radius 1 is 1.38 bits per heavy atom. The van der Waals surface area contributed by atoms with Gasteiger partial charge in [0.05, 0.1) is 24.1 Å². The molecule has 1 fully saturated rings. The van der Waals surface area contributed by atoms with Crippen LogP contribution in [-0.4, -0.2) is 21.6 Å². The molecule has 0 N–H and O–H groups in total. The van der Waals surface area contributed by atoms with Crippen LogP contribution >= 0.6 is 0 Å². The first-order valence-corrected chi connectivity index (χ1v) is 4.92. The molecule has 3 rings (SSSR count). The standard InChI is InChI=1S/C11H8N2O3/c14-10-5-7(11(15)16-10)8-6-12-13-4-2-1-3-9(8)13/h1-4,6-7H,5H2. The van der Waals surface area contributed by atoms with Gasteiger partial charge in [-0.2, -0.15) is 5.10 Å². The smallest absolute Gasteiger partial charge is 0.321 e. The van der Waals surface area contributed by atoms with E-state index in [1.54, 1.807) is 16.9 Å². The predicted octanol–water partition coefficient (Wildman–Crippen LogP) is 0.891. The molecule has 2 aromatic rings. The highest BCUT2D eigenvalue weighted by atomic mass is 16.6. The van der Waals surface area contributed by atoms with Crippen LogP contribution < -0.4 is 0 Å². The summed E-state index contributed by atoms with van der Waals surface area (Å²) in [6.45, 7) is 0. The molecule has 1 unspecified atom stereocenters. The lowest BCUT2D eigenvalue weighted by Gasteiger charge is -2.01. The number of ether oxygens (including phenoxy) is 1. The Balaban J connectivity index is 2.13. The zero-order valence-electron chi connectivity index (χ0n) is 8.29. The van der Waals surface area contributed by atoms with E-state index in [1.807, 2.05) is 18.2 Å². The quantitative estimate of drug-likeness (QED) is 0.524. The van der Waals surface area contributed by atoms with Gasteiger partial charge in [-0.15, -0.1) is 0 Å². The van der Waals surface area contributed by atoms with Crippen LogP contribution in [0.4, 0.5) is 0 Å². The number of fused-ring (bicyclic) bond motifs is 1. The molecule has 0 saturated carbocycles. The van der Waals surface area contributed by atoms with Gasteiger partial charge in [-0.3, -0.25) is 9.59 Å². The van der Waals surface area contributed by atoms with Crippen molar-refractivity contribution in [1.29, 1.82) is 0 Å². The number of hydrogen-bond acceptors (Lipinski definition) is 4. The molecule has 5 nitrogen and oxygen atoms in total. The van der Waals surface area contributed by atoms with Gasteiger partial charge in [-0.05, 0) is 12.1 Å². The highest BCUT2D eigenvalue weighted by Gasteiger charge is 2.36. The summed E-state index contributed by atoms with van der Waals surface area (Å²) in [5.74, 6) is -1.46. The van der Waals surface area contributed by atoms with Crippen LogP contribution in [-0.2, 0) is 14.3 Å². The van der Waals surface area contributed by atoms with E-state index in [4.69, 9.17) is 0 Å². The fourth-order valence-corrected chi connectivity index (χ4v) is 1.93. The van der Waals surface area contributed by atoms with Crippen molar-refractivity contribution in [3.63, 3.8) is 0 Å². The van der Waals surface area contributed by atoms with Crippen molar-refractivity contribution >= 4 is 17.5 Å². The molecule has 80 valence electrons. The molecule has 0 spiro atoms. The Labute approximate surface area is 90.6 Å². The van der Waals surface area contributed by atoms with Crippen LogP contribution in [0.3, 0.4) is 0 Å². The largest absolute Gasteiger partial charge is 0.393 e. The van der Waals surface area contributed by atoms with Crippen molar-refractivity contribution in [1.82, 2.24) is 9.61 Å². The normalized spacial score (nSPS) is 20.4. The third-order valence-electron chi connectivity index (χ3n) is 2.70. The minimum Gasteiger partial charge on any atom is -0.393 e. The van der Waals surface area contributed by atoms with Crippen LogP contribution in [0, 0.1) is 0 Å². The topological polar surface area (TPSA) is 60.7 Å². The Morgan fingerprint density at radius 2 is 2.25 bits per heavy atom. The van der Waals surface area contributed by atoms with Gasteiger partial charge in [0, 0.05) is 11.8 Å². The zero-order chi connectivity index (χ0) is 11.1. The molecule has 3 heterocycles. The van der Waals surface area contributed by atoms with Gasteiger partial charge < -0.3 is 4.74 Å². The summed E-state index contributed by atoms with van der Waals surface area (Å²) in [7, 11) is 0. The first kappa shape index (κ1) is 9.08. The van der Waals surface area contributed by atoms with Gasteiger partial charge >= 0.3 is 11.9 Å². The molecule has 0 aromatic carbocycles. The van der Waals surface area contributed by atoms with E-state index < -0.39 is 17.9 Å². The number of hydrogen-bond donors (Lipinski definition) is 0. The van der Waals surface area contributed by atoms with Gasteiger partial charge in [-0.1, -0.05) is 6.07 Å². The lowest BCUT2D eigenvalue weighted by molar-refractivity contribution is -0.152. The lowest BCUT2D eigenvalue weighted by Crippen LogP contribution is -2.05. The predicted molar refractivity (Wildman–Crippen MR) is 53.6 cm³/mol. The molecule has 0 bridgehead atoms. The maximum Gasteiger partial charge on any atom is 0.321 e. The summed E-state index contributed by atoms with van der Waals surface area (Å²) in [5.41, 5.74) is 1.58. The summed E-state index contributed by atoms with van der Waals surface area (Å²) in [6, 6.07) is 5.57. The minimum atomic E-state index is -0.507. The summed E-state index contributed by atoms with van der Waals surface area (Å²) in [5, 5.41) is 4.12. The molecular formula is C11H8N2O3. The SMILES string of the molecule is O=C1CC(c2cnn3ccccc23)C(=O)O1. The van der Waals surface area contributed by atoms with E-state index in [2.05, 4.69) is 9.84 Å². The van der Waals surface area contributed by atoms with Gasteiger partial charge in [0.1, 0.15) is 0 Å². The molecule has 2 aromatic heterocycles. The number of pyridine rings is 1. The third kappa shape index (κ3) is 1.21. The second kappa shape index (κ2) is 3.16. The van der Waals surface area contributed by atoms with Gasteiger partial charge in [0.2, 0.25) is 0 Å². The van der Waals surface area contributed by atoms with E-state index >= 15 is 0 Å². The zero-order valence-corrected chi connectivity index (χ0v) is 8.29. The van der Waals surface area contributed by atoms with Gasteiger partial charge in [-0.25, -0.2) is 4.52 Å². The Kier molecular flexibility index (Phi) is 1.80. The first-order valence-electron chi connectivity index (χ1n) is 4.92.